The number of nitrogens with one attached hydrogen (secondary N) is 1. The molecular formula is C18H16N2O2. The molecular weight excluding hydrogens is 276 g/mol. The van der Waals surface area contributed by atoms with Gasteiger partial charge in [-0.25, -0.2) is 0 Å². The van der Waals surface area contributed by atoms with Gasteiger partial charge in [0.2, 0.25) is 0 Å². The van der Waals surface area contributed by atoms with Crippen LogP contribution in [0.2, 0.25) is 0 Å². The monoisotopic (exact) mass is 292 g/mol. The van der Waals surface area contributed by atoms with E-state index in [2.05, 4.69) is 10.3 Å². The van der Waals surface area contributed by atoms with Crippen LogP contribution in [0.1, 0.15) is 15.9 Å². The van der Waals surface area contributed by atoms with Gasteiger partial charge in [0.25, 0.3) is 5.91 Å². The molecule has 3 rings (SSSR count). The SMILES string of the molecule is COc1cc(NC(=O)c2ccccc2C)c2ncccc2c1. The predicted molar refractivity (Wildman–Crippen MR) is 87.4 cm³/mol. The molecule has 4 heteroatoms. The number of fused-ring (bicyclic) bond motifs is 1. The van der Waals surface area contributed by atoms with Crippen LogP contribution in [0.5, 0.6) is 5.75 Å². The van der Waals surface area contributed by atoms with E-state index in [1.807, 2.05) is 43.3 Å². The zero-order valence-corrected chi connectivity index (χ0v) is 12.5. The van der Waals surface area contributed by atoms with Gasteiger partial charge in [-0.1, -0.05) is 24.3 Å². The fourth-order valence-corrected chi connectivity index (χ4v) is 2.40. The number of nitrogens with zero attached hydrogens (tertiary/aromatic N) is 1. The third-order valence-corrected chi connectivity index (χ3v) is 3.55. The van der Waals surface area contributed by atoms with Crippen molar-refractivity contribution in [2.75, 3.05) is 12.4 Å². The molecule has 0 radical (unpaired) electrons. The minimum absolute atomic E-state index is 0.154. The van der Waals surface area contributed by atoms with Gasteiger partial charge in [-0.3, -0.25) is 9.78 Å². The van der Waals surface area contributed by atoms with Gasteiger partial charge < -0.3 is 10.1 Å². The summed E-state index contributed by atoms with van der Waals surface area (Å²) in [5.74, 6) is 0.527. The summed E-state index contributed by atoms with van der Waals surface area (Å²) in [5, 5.41) is 3.85. The second-order valence-corrected chi connectivity index (χ2v) is 5.02. The highest BCUT2D eigenvalue weighted by Gasteiger charge is 2.12. The maximum atomic E-state index is 12.5. The first-order chi connectivity index (χ1) is 10.7. The number of benzene rings is 2. The predicted octanol–water partition coefficient (Wildman–Crippen LogP) is 3.80. The molecule has 0 fully saturated rings. The second kappa shape index (κ2) is 5.85. The number of methoxy groups -OCH3 is 1. The molecule has 0 saturated carbocycles. The van der Waals surface area contributed by atoms with E-state index in [0.717, 1.165) is 16.5 Å². The molecule has 0 atom stereocenters. The second-order valence-electron chi connectivity index (χ2n) is 5.02. The van der Waals surface area contributed by atoms with E-state index in [1.54, 1.807) is 25.4 Å². The third kappa shape index (κ3) is 2.63. The molecule has 1 heterocycles. The fourth-order valence-electron chi connectivity index (χ4n) is 2.40. The van der Waals surface area contributed by atoms with E-state index in [-0.39, 0.29) is 5.91 Å². The van der Waals surface area contributed by atoms with E-state index in [0.29, 0.717) is 17.0 Å². The Morgan fingerprint density at radius 1 is 1.14 bits per heavy atom. The summed E-state index contributed by atoms with van der Waals surface area (Å²) in [6.45, 7) is 1.91. The van der Waals surface area contributed by atoms with Crippen molar-refractivity contribution in [3.05, 3.63) is 65.9 Å². The van der Waals surface area contributed by atoms with Crippen molar-refractivity contribution in [3.8, 4) is 5.75 Å². The Morgan fingerprint density at radius 2 is 1.95 bits per heavy atom. The summed E-state index contributed by atoms with van der Waals surface area (Å²) in [6.07, 6.45) is 1.71. The Bertz CT molecular complexity index is 843. The zero-order valence-electron chi connectivity index (χ0n) is 12.5. The van der Waals surface area contributed by atoms with Crippen molar-refractivity contribution >= 4 is 22.5 Å². The molecule has 1 amide bonds. The van der Waals surface area contributed by atoms with Gasteiger partial charge in [-0.2, -0.15) is 0 Å². The lowest BCUT2D eigenvalue weighted by atomic mass is 10.1. The molecule has 0 saturated heterocycles. The molecule has 110 valence electrons. The van der Waals surface area contributed by atoms with Crippen LogP contribution in [0.4, 0.5) is 5.69 Å². The number of ether oxygens (including phenoxy) is 1. The largest absolute Gasteiger partial charge is 0.497 e. The lowest BCUT2D eigenvalue weighted by Gasteiger charge is -2.11. The van der Waals surface area contributed by atoms with E-state index < -0.39 is 0 Å². The number of carbonyl (C=O) groups excluding carboxylic acids is 1. The van der Waals surface area contributed by atoms with Gasteiger partial charge >= 0.3 is 0 Å². The quantitative estimate of drug-likeness (QED) is 0.798. The average molecular weight is 292 g/mol. The van der Waals surface area contributed by atoms with Gasteiger partial charge in [-0.15, -0.1) is 0 Å². The summed E-state index contributed by atoms with van der Waals surface area (Å²) in [7, 11) is 1.60. The smallest absolute Gasteiger partial charge is 0.255 e. The lowest BCUT2D eigenvalue weighted by Crippen LogP contribution is -2.13. The Hall–Kier alpha value is -2.88. The molecule has 0 aliphatic rings. The van der Waals surface area contributed by atoms with Crippen molar-refractivity contribution in [3.63, 3.8) is 0 Å². The fraction of sp³-hybridized carbons (Fsp3) is 0.111. The Kier molecular flexibility index (Phi) is 3.74. The molecule has 0 unspecified atom stereocenters. The van der Waals surface area contributed by atoms with Gasteiger partial charge in [-0.05, 0) is 30.7 Å². The molecule has 0 aliphatic carbocycles. The number of hydrogen-bond donors (Lipinski definition) is 1. The Labute approximate surface area is 128 Å². The lowest BCUT2D eigenvalue weighted by molar-refractivity contribution is 0.102. The van der Waals surface area contributed by atoms with Crippen LogP contribution in [0.25, 0.3) is 10.9 Å². The first-order valence-electron chi connectivity index (χ1n) is 6.99. The van der Waals surface area contributed by atoms with E-state index in [9.17, 15) is 4.79 Å². The summed E-state index contributed by atoms with van der Waals surface area (Å²) in [4.78, 5) is 16.9. The van der Waals surface area contributed by atoms with Crippen LogP contribution in [0, 0.1) is 6.92 Å². The summed E-state index contributed by atoms with van der Waals surface area (Å²) >= 11 is 0. The number of rotatable bonds is 3. The molecule has 1 N–H and O–H groups in total. The van der Waals surface area contributed by atoms with Crippen molar-refractivity contribution in [2.45, 2.75) is 6.92 Å². The highest BCUT2D eigenvalue weighted by molar-refractivity contribution is 6.09. The first kappa shape index (κ1) is 14.1. The van der Waals surface area contributed by atoms with Gasteiger partial charge in [0, 0.05) is 23.2 Å². The molecule has 0 aliphatic heterocycles. The van der Waals surface area contributed by atoms with Gasteiger partial charge in [0.1, 0.15) is 5.75 Å². The minimum Gasteiger partial charge on any atom is -0.497 e. The van der Waals surface area contributed by atoms with E-state index in [1.165, 1.54) is 0 Å². The summed E-state index contributed by atoms with van der Waals surface area (Å²) in [6, 6.07) is 15.0. The first-order valence-corrected chi connectivity index (χ1v) is 6.99. The standard InChI is InChI=1S/C18H16N2O2/c1-12-6-3-4-8-15(12)18(21)20-16-11-14(22-2)10-13-7-5-9-19-17(13)16/h3-11H,1-2H3,(H,20,21). The number of amides is 1. The maximum absolute atomic E-state index is 12.5. The highest BCUT2D eigenvalue weighted by atomic mass is 16.5. The van der Waals surface area contributed by atoms with Crippen LogP contribution in [0.15, 0.2) is 54.7 Å². The minimum atomic E-state index is -0.154. The van der Waals surface area contributed by atoms with Crippen molar-refractivity contribution in [2.24, 2.45) is 0 Å². The zero-order chi connectivity index (χ0) is 15.5. The van der Waals surface area contributed by atoms with Crippen LogP contribution in [0.3, 0.4) is 0 Å². The number of pyridine rings is 1. The topological polar surface area (TPSA) is 51.2 Å². The molecule has 0 spiro atoms. The number of carbonyl (C=O) groups is 1. The number of anilines is 1. The van der Waals surface area contributed by atoms with Gasteiger partial charge in [0.05, 0.1) is 18.3 Å². The summed E-state index contributed by atoms with van der Waals surface area (Å²) < 4.78 is 5.29. The normalized spacial score (nSPS) is 10.5. The Morgan fingerprint density at radius 3 is 2.73 bits per heavy atom. The molecule has 1 aromatic heterocycles. The van der Waals surface area contributed by atoms with Crippen LogP contribution < -0.4 is 10.1 Å². The number of aromatic nitrogens is 1. The van der Waals surface area contributed by atoms with Crippen LogP contribution >= 0.6 is 0 Å². The van der Waals surface area contributed by atoms with Crippen molar-refractivity contribution < 1.29 is 9.53 Å². The molecule has 4 nitrogen and oxygen atoms in total. The number of aryl methyl sites for hydroxylation is 1. The van der Waals surface area contributed by atoms with Crippen molar-refractivity contribution in [1.82, 2.24) is 4.98 Å². The molecule has 22 heavy (non-hydrogen) atoms. The third-order valence-electron chi connectivity index (χ3n) is 3.55. The molecule has 2 aromatic carbocycles. The molecule has 0 bridgehead atoms. The average Bonchev–Trinajstić information content (AvgIpc) is 2.55. The van der Waals surface area contributed by atoms with E-state index in [4.69, 9.17) is 4.74 Å². The highest BCUT2D eigenvalue weighted by Crippen LogP contribution is 2.28. The number of hydrogen-bond acceptors (Lipinski definition) is 3. The van der Waals surface area contributed by atoms with Crippen molar-refractivity contribution in [1.29, 1.82) is 0 Å². The van der Waals surface area contributed by atoms with Gasteiger partial charge in [0.15, 0.2) is 0 Å². The summed E-state index contributed by atoms with van der Waals surface area (Å²) in [5.41, 5.74) is 2.96. The Balaban J connectivity index is 2.03. The molecule has 3 aromatic rings. The maximum Gasteiger partial charge on any atom is 0.255 e. The van der Waals surface area contributed by atoms with Crippen LogP contribution in [-0.4, -0.2) is 18.0 Å². The van der Waals surface area contributed by atoms with Crippen LogP contribution in [-0.2, 0) is 0 Å². The van der Waals surface area contributed by atoms with E-state index >= 15 is 0 Å².